The van der Waals surface area contributed by atoms with Crippen molar-refractivity contribution in [2.24, 2.45) is 23.7 Å². The number of para-hydroxylation sites is 1. The zero-order chi connectivity index (χ0) is 22.4. The first-order valence-electron chi connectivity index (χ1n) is 11.2. The zero-order valence-corrected chi connectivity index (χ0v) is 17.8. The van der Waals surface area contributed by atoms with Gasteiger partial charge in [0.2, 0.25) is 5.91 Å². The van der Waals surface area contributed by atoms with Gasteiger partial charge in [0.05, 0.1) is 17.5 Å². The molecule has 166 valence electrons. The number of carbonyl (C=O) groups excluding carboxylic acids is 3. The molecule has 2 aromatic rings. The number of amides is 2. The number of benzene rings is 2. The number of rotatable bonds is 6. The number of hydrogen-bond donors (Lipinski definition) is 1. The largest absolute Gasteiger partial charge is 0.462 e. The fourth-order valence-electron chi connectivity index (χ4n) is 5.70. The quantitative estimate of drug-likeness (QED) is 0.694. The van der Waals surface area contributed by atoms with Crippen LogP contribution in [0.5, 0.6) is 0 Å². The van der Waals surface area contributed by atoms with E-state index in [-0.39, 0.29) is 53.2 Å². The summed E-state index contributed by atoms with van der Waals surface area (Å²) in [7, 11) is 0. The molecule has 0 unspecified atom stereocenters. The highest BCUT2D eigenvalue weighted by Crippen LogP contribution is 2.57. The van der Waals surface area contributed by atoms with Crippen LogP contribution in [0.15, 0.2) is 48.5 Å². The monoisotopic (exact) mass is 436 g/mol. The third-order valence-electron chi connectivity index (χ3n) is 7.00. The van der Waals surface area contributed by atoms with Gasteiger partial charge in [0.25, 0.3) is 5.91 Å². The third-order valence-corrected chi connectivity index (χ3v) is 7.00. The SMILES string of the molecule is CCCN(C(=O)c1cccc(NC(=O)[C@H]2[C@@H]3C[C@@H]4[C@H]2C(=O)O[C@@H]4C3)c1)c1ccccc1F. The first-order chi connectivity index (χ1) is 15.5. The van der Waals surface area contributed by atoms with Gasteiger partial charge >= 0.3 is 5.97 Å². The average molecular weight is 436 g/mol. The van der Waals surface area contributed by atoms with Crippen molar-refractivity contribution in [2.75, 3.05) is 16.8 Å². The molecule has 2 aliphatic carbocycles. The number of hydrogen-bond acceptors (Lipinski definition) is 4. The number of nitrogens with one attached hydrogen (secondary N) is 1. The predicted octanol–water partition coefficient (Wildman–Crippen LogP) is 4.02. The third kappa shape index (κ3) is 3.36. The highest BCUT2D eigenvalue weighted by Gasteiger charge is 2.63. The number of ether oxygens (including phenoxy) is 1. The van der Waals surface area contributed by atoms with E-state index in [0.29, 0.717) is 24.2 Å². The van der Waals surface area contributed by atoms with Crippen molar-refractivity contribution in [3.05, 3.63) is 59.9 Å². The molecule has 1 saturated heterocycles. The predicted molar refractivity (Wildman–Crippen MR) is 117 cm³/mol. The summed E-state index contributed by atoms with van der Waals surface area (Å²) in [6.45, 7) is 2.29. The molecule has 5 rings (SSSR count). The molecule has 3 aliphatic rings. The molecule has 6 nitrogen and oxygen atoms in total. The molecule has 32 heavy (non-hydrogen) atoms. The van der Waals surface area contributed by atoms with Crippen LogP contribution in [0.4, 0.5) is 15.8 Å². The molecular formula is C25H25FN2O4. The Morgan fingerprint density at radius 3 is 2.75 bits per heavy atom. The van der Waals surface area contributed by atoms with E-state index in [1.54, 1.807) is 42.5 Å². The number of halogens is 1. The number of anilines is 2. The van der Waals surface area contributed by atoms with Gasteiger partial charge in [-0.15, -0.1) is 0 Å². The van der Waals surface area contributed by atoms with Crippen LogP contribution in [-0.2, 0) is 14.3 Å². The van der Waals surface area contributed by atoms with Crippen LogP contribution in [0, 0.1) is 29.5 Å². The second-order valence-corrected chi connectivity index (χ2v) is 8.90. The minimum atomic E-state index is -0.461. The van der Waals surface area contributed by atoms with E-state index >= 15 is 0 Å². The Hall–Kier alpha value is -3.22. The molecule has 2 amide bonds. The number of carbonyl (C=O) groups is 3. The molecule has 2 saturated carbocycles. The lowest BCUT2D eigenvalue weighted by molar-refractivity contribution is -0.145. The Labute approximate surface area is 185 Å². The highest BCUT2D eigenvalue weighted by atomic mass is 19.1. The van der Waals surface area contributed by atoms with Crippen molar-refractivity contribution in [1.29, 1.82) is 0 Å². The second kappa shape index (κ2) is 8.04. The van der Waals surface area contributed by atoms with Gasteiger partial charge in [-0.05, 0) is 55.5 Å². The summed E-state index contributed by atoms with van der Waals surface area (Å²) >= 11 is 0. The average Bonchev–Trinajstić information content (AvgIpc) is 3.41. The van der Waals surface area contributed by atoms with Gasteiger partial charge in [-0.2, -0.15) is 0 Å². The smallest absolute Gasteiger partial charge is 0.310 e. The maximum absolute atomic E-state index is 14.4. The molecule has 2 aromatic carbocycles. The van der Waals surface area contributed by atoms with Gasteiger partial charge in [-0.3, -0.25) is 14.4 Å². The van der Waals surface area contributed by atoms with Crippen LogP contribution < -0.4 is 10.2 Å². The molecular weight excluding hydrogens is 411 g/mol. The first kappa shape index (κ1) is 20.7. The lowest BCUT2D eigenvalue weighted by Gasteiger charge is -2.24. The van der Waals surface area contributed by atoms with Crippen molar-refractivity contribution in [2.45, 2.75) is 32.3 Å². The highest BCUT2D eigenvalue weighted by molar-refractivity contribution is 6.07. The summed E-state index contributed by atoms with van der Waals surface area (Å²) in [5.41, 5.74) is 1.06. The van der Waals surface area contributed by atoms with Crippen LogP contribution >= 0.6 is 0 Å². The van der Waals surface area contributed by atoms with Crippen molar-refractivity contribution in [3.63, 3.8) is 0 Å². The van der Waals surface area contributed by atoms with E-state index in [1.807, 2.05) is 6.92 Å². The standard InChI is InChI=1S/C25H25FN2O4/c1-2-10-28(19-9-4-3-8-18(19)26)24(30)14-6-5-7-16(11-14)27-23(29)21-15-12-17-20(13-15)32-25(31)22(17)21/h3-9,11,15,17,20-22H,2,10,12-13H2,1H3,(H,27,29)/t15-,17+,20-,21+,22-/m1/s1. The van der Waals surface area contributed by atoms with Crippen LogP contribution in [0.1, 0.15) is 36.5 Å². The van der Waals surface area contributed by atoms with Gasteiger partial charge in [-0.1, -0.05) is 25.1 Å². The zero-order valence-electron chi connectivity index (χ0n) is 17.8. The maximum atomic E-state index is 14.4. The molecule has 3 fully saturated rings. The van der Waals surface area contributed by atoms with Gasteiger partial charge in [0.1, 0.15) is 11.9 Å². The van der Waals surface area contributed by atoms with E-state index in [4.69, 9.17) is 4.74 Å². The summed E-state index contributed by atoms with van der Waals surface area (Å²) < 4.78 is 19.8. The number of nitrogens with zero attached hydrogens (tertiary/aromatic N) is 1. The van der Waals surface area contributed by atoms with Crippen LogP contribution in [0.25, 0.3) is 0 Å². The summed E-state index contributed by atoms with van der Waals surface area (Å²) in [6, 6.07) is 12.8. The molecule has 1 heterocycles. The van der Waals surface area contributed by atoms with E-state index in [1.165, 1.54) is 11.0 Å². The molecule has 5 atom stereocenters. The number of fused-ring (bicyclic) bond motifs is 1. The van der Waals surface area contributed by atoms with Gasteiger partial charge in [-0.25, -0.2) is 4.39 Å². The lowest BCUT2D eigenvalue weighted by atomic mass is 9.79. The lowest BCUT2D eigenvalue weighted by Crippen LogP contribution is -2.36. The van der Waals surface area contributed by atoms with Crippen LogP contribution in [0.2, 0.25) is 0 Å². The van der Waals surface area contributed by atoms with Gasteiger partial charge in [0.15, 0.2) is 0 Å². The molecule has 1 N–H and O–H groups in total. The second-order valence-electron chi connectivity index (χ2n) is 8.90. The van der Waals surface area contributed by atoms with Crippen molar-refractivity contribution in [1.82, 2.24) is 0 Å². The van der Waals surface area contributed by atoms with E-state index in [9.17, 15) is 18.8 Å². The van der Waals surface area contributed by atoms with E-state index < -0.39 is 5.82 Å². The van der Waals surface area contributed by atoms with Crippen molar-refractivity contribution >= 4 is 29.2 Å². The Kier molecular flexibility index (Phi) is 5.19. The minimum Gasteiger partial charge on any atom is -0.462 e. The van der Waals surface area contributed by atoms with Crippen LogP contribution in [-0.4, -0.2) is 30.4 Å². The van der Waals surface area contributed by atoms with Crippen molar-refractivity contribution < 1.29 is 23.5 Å². The van der Waals surface area contributed by atoms with Gasteiger partial charge < -0.3 is 15.0 Å². The molecule has 7 heteroatoms. The summed E-state index contributed by atoms with van der Waals surface area (Å²) in [5, 5.41) is 2.90. The molecule has 2 bridgehead atoms. The maximum Gasteiger partial charge on any atom is 0.310 e. The topological polar surface area (TPSA) is 75.7 Å². The normalized spacial score (nSPS) is 27.3. The molecule has 0 spiro atoms. The molecule has 0 aromatic heterocycles. The molecule has 1 aliphatic heterocycles. The fourth-order valence-corrected chi connectivity index (χ4v) is 5.70. The van der Waals surface area contributed by atoms with Crippen LogP contribution in [0.3, 0.4) is 0 Å². The van der Waals surface area contributed by atoms with Crippen molar-refractivity contribution in [3.8, 4) is 0 Å². The van der Waals surface area contributed by atoms with Gasteiger partial charge in [0, 0.05) is 23.7 Å². The Morgan fingerprint density at radius 1 is 1.16 bits per heavy atom. The number of esters is 1. The summed E-state index contributed by atoms with van der Waals surface area (Å²) in [6.07, 6.45) is 2.24. The molecule has 0 radical (unpaired) electrons. The Morgan fingerprint density at radius 2 is 1.97 bits per heavy atom. The van der Waals surface area contributed by atoms with E-state index in [2.05, 4.69) is 5.32 Å². The summed E-state index contributed by atoms with van der Waals surface area (Å²) in [5.74, 6) is -1.70. The fraction of sp³-hybridized carbons (Fsp3) is 0.400. The Balaban J connectivity index is 1.35. The first-order valence-corrected chi connectivity index (χ1v) is 11.2. The minimum absolute atomic E-state index is 0.0227. The summed E-state index contributed by atoms with van der Waals surface area (Å²) in [4.78, 5) is 39.9. The Bertz CT molecular complexity index is 1090. The van der Waals surface area contributed by atoms with E-state index in [0.717, 1.165) is 12.8 Å².